The Hall–Kier alpha value is -2.55. The molecule has 0 spiro atoms. The smallest absolute Gasteiger partial charge is 0.416 e. The number of carboxylic acid groups (broad SMARTS) is 1. The van der Waals surface area contributed by atoms with Gasteiger partial charge in [0.25, 0.3) is 0 Å². The number of carbonyl (C=O) groups is 1. The second kappa shape index (κ2) is 11.2. The molecule has 0 amide bonds. The topological polar surface area (TPSA) is 40.5 Å². The molecule has 1 heterocycles. The van der Waals surface area contributed by atoms with Crippen LogP contribution in [0.5, 0.6) is 0 Å². The number of hydrogen-bond donors (Lipinski definition) is 1. The van der Waals surface area contributed by atoms with Crippen LogP contribution in [0.15, 0.2) is 48.5 Å². The summed E-state index contributed by atoms with van der Waals surface area (Å²) in [6, 6.07) is 9.35. The number of likely N-dealkylation sites (tertiary alicyclic amines) is 1. The van der Waals surface area contributed by atoms with E-state index in [1.54, 1.807) is 0 Å². The minimum Gasteiger partial charge on any atom is -0.481 e. The van der Waals surface area contributed by atoms with Crippen LogP contribution in [0.4, 0.5) is 26.3 Å². The zero-order chi connectivity index (χ0) is 26.7. The SMILES string of the molecule is CC(C)CC[C@H](c1ccc(C(F)(F)F)cc1)N1CC[C@H](CC(=O)O)C[C@@H]1c1ccc(C(F)(F)F)cc1. The first-order valence-corrected chi connectivity index (χ1v) is 12.1. The fourth-order valence-electron chi connectivity index (χ4n) is 4.99. The number of nitrogens with zero attached hydrogens (tertiary/aromatic N) is 1. The first-order valence-electron chi connectivity index (χ1n) is 12.1. The van der Waals surface area contributed by atoms with E-state index < -0.39 is 29.4 Å². The fourth-order valence-corrected chi connectivity index (χ4v) is 4.99. The first-order chi connectivity index (χ1) is 16.8. The van der Waals surface area contributed by atoms with Crippen LogP contribution in [0.3, 0.4) is 0 Å². The third-order valence-electron chi connectivity index (χ3n) is 6.88. The van der Waals surface area contributed by atoms with Crippen molar-refractivity contribution >= 4 is 5.97 Å². The molecule has 3 nitrogen and oxygen atoms in total. The third-order valence-corrected chi connectivity index (χ3v) is 6.88. The lowest BCUT2D eigenvalue weighted by Gasteiger charge is -2.44. The Balaban J connectivity index is 1.99. The van der Waals surface area contributed by atoms with Gasteiger partial charge in [-0.05, 0) is 79.5 Å². The van der Waals surface area contributed by atoms with Crippen molar-refractivity contribution in [2.45, 2.75) is 70.4 Å². The molecule has 1 fully saturated rings. The largest absolute Gasteiger partial charge is 0.481 e. The normalized spacial score (nSPS) is 20.5. The molecule has 1 saturated heterocycles. The van der Waals surface area contributed by atoms with Gasteiger partial charge in [-0.15, -0.1) is 0 Å². The Bertz CT molecular complexity index is 999. The van der Waals surface area contributed by atoms with Gasteiger partial charge in [-0.3, -0.25) is 9.69 Å². The maximum absolute atomic E-state index is 13.1. The van der Waals surface area contributed by atoms with Crippen molar-refractivity contribution in [2.75, 3.05) is 6.54 Å². The van der Waals surface area contributed by atoms with Crippen molar-refractivity contribution < 1.29 is 36.2 Å². The van der Waals surface area contributed by atoms with E-state index in [0.29, 0.717) is 42.9 Å². The second-order valence-corrected chi connectivity index (χ2v) is 9.97. The molecule has 3 atom stereocenters. The van der Waals surface area contributed by atoms with Crippen LogP contribution in [0, 0.1) is 11.8 Å². The summed E-state index contributed by atoms with van der Waals surface area (Å²) in [5, 5.41) is 9.31. The summed E-state index contributed by atoms with van der Waals surface area (Å²) in [6.45, 7) is 4.60. The average Bonchev–Trinajstić information content (AvgIpc) is 2.78. The molecule has 0 saturated carbocycles. The molecule has 0 radical (unpaired) electrons. The molecular formula is C27H31F6NO2. The van der Waals surface area contributed by atoms with Crippen LogP contribution in [-0.2, 0) is 17.1 Å². The van der Waals surface area contributed by atoms with E-state index in [9.17, 15) is 36.2 Å². The highest BCUT2D eigenvalue weighted by atomic mass is 19.4. The quantitative estimate of drug-likeness (QED) is 0.361. The summed E-state index contributed by atoms with van der Waals surface area (Å²) >= 11 is 0. The number of alkyl halides is 6. The highest BCUT2D eigenvalue weighted by Gasteiger charge is 2.37. The summed E-state index contributed by atoms with van der Waals surface area (Å²) in [5.74, 6) is -0.737. The lowest BCUT2D eigenvalue weighted by Crippen LogP contribution is -2.40. The Labute approximate surface area is 207 Å². The van der Waals surface area contributed by atoms with E-state index in [4.69, 9.17) is 0 Å². The predicted octanol–water partition coefficient (Wildman–Crippen LogP) is 8.13. The van der Waals surface area contributed by atoms with Gasteiger partial charge < -0.3 is 5.11 Å². The molecule has 2 aromatic rings. The van der Waals surface area contributed by atoms with Gasteiger partial charge >= 0.3 is 18.3 Å². The Kier molecular flexibility index (Phi) is 8.75. The lowest BCUT2D eigenvalue weighted by molar-refractivity contribution is -0.139. The lowest BCUT2D eigenvalue weighted by atomic mass is 9.82. The van der Waals surface area contributed by atoms with Gasteiger partial charge in [-0.2, -0.15) is 26.3 Å². The van der Waals surface area contributed by atoms with Crippen molar-refractivity contribution in [1.82, 2.24) is 4.90 Å². The highest BCUT2D eigenvalue weighted by molar-refractivity contribution is 5.67. The van der Waals surface area contributed by atoms with Gasteiger partial charge in [-0.25, -0.2) is 0 Å². The van der Waals surface area contributed by atoms with Gasteiger partial charge in [-0.1, -0.05) is 38.1 Å². The second-order valence-electron chi connectivity index (χ2n) is 9.97. The predicted molar refractivity (Wildman–Crippen MR) is 124 cm³/mol. The molecule has 9 heteroatoms. The number of piperidine rings is 1. The number of halogens is 6. The van der Waals surface area contributed by atoms with Gasteiger partial charge in [0.15, 0.2) is 0 Å². The monoisotopic (exact) mass is 515 g/mol. The maximum Gasteiger partial charge on any atom is 0.416 e. The van der Waals surface area contributed by atoms with Crippen LogP contribution in [-0.4, -0.2) is 22.5 Å². The average molecular weight is 516 g/mol. The van der Waals surface area contributed by atoms with Crippen LogP contribution in [0.25, 0.3) is 0 Å². The molecule has 198 valence electrons. The number of hydrogen-bond acceptors (Lipinski definition) is 2. The number of benzene rings is 2. The molecule has 1 aliphatic rings. The maximum atomic E-state index is 13.1. The van der Waals surface area contributed by atoms with Gasteiger partial charge in [0.05, 0.1) is 11.1 Å². The molecule has 0 unspecified atom stereocenters. The number of carboxylic acids is 1. The molecule has 0 aromatic heterocycles. The molecule has 1 N–H and O–H groups in total. The number of aliphatic carboxylic acids is 1. The van der Waals surface area contributed by atoms with Crippen LogP contribution >= 0.6 is 0 Å². The Morgan fingerprint density at radius 1 is 0.917 bits per heavy atom. The van der Waals surface area contributed by atoms with E-state index in [0.717, 1.165) is 30.7 Å². The van der Waals surface area contributed by atoms with E-state index in [2.05, 4.69) is 18.7 Å². The minimum atomic E-state index is -4.48. The van der Waals surface area contributed by atoms with E-state index in [1.807, 2.05) is 0 Å². The van der Waals surface area contributed by atoms with Crippen molar-refractivity contribution in [3.8, 4) is 0 Å². The van der Waals surface area contributed by atoms with Crippen molar-refractivity contribution in [2.24, 2.45) is 11.8 Å². The summed E-state index contributed by atoms with van der Waals surface area (Å²) in [6.07, 6.45) is -6.48. The number of rotatable bonds is 8. The van der Waals surface area contributed by atoms with E-state index in [-0.39, 0.29) is 24.4 Å². The van der Waals surface area contributed by atoms with Crippen molar-refractivity contribution in [3.63, 3.8) is 0 Å². The van der Waals surface area contributed by atoms with Crippen LogP contribution in [0.1, 0.15) is 80.3 Å². The van der Waals surface area contributed by atoms with Crippen LogP contribution in [0.2, 0.25) is 0 Å². The van der Waals surface area contributed by atoms with E-state index in [1.165, 1.54) is 24.3 Å². The fraction of sp³-hybridized carbons (Fsp3) is 0.519. The standard InChI is InChI=1S/C27H31F6NO2/c1-17(2)3-12-23(19-4-8-21(9-5-19)26(28,29)30)34-14-13-18(16-25(35)36)15-24(34)20-6-10-22(11-7-20)27(31,32)33/h4-11,17-18,23-24H,3,12-16H2,1-2H3,(H,35,36)/t18-,23+,24+/m0/s1. The van der Waals surface area contributed by atoms with Gasteiger partial charge in [0.2, 0.25) is 0 Å². The molecule has 0 aliphatic carbocycles. The van der Waals surface area contributed by atoms with E-state index >= 15 is 0 Å². The van der Waals surface area contributed by atoms with Crippen molar-refractivity contribution in [1.29, 1.82) is 0 Å². The third kappa shape index (κ3) is 7.24. The van der Waals surface area contributed by atoms with Gasteiger partial charge in [0, 0.05) is 18.5 Å². The highest BCUT2D eigenvalue weighted by Crippen LogP contribution is 2.43. The molecule has 2 aromatic carbocycles. The zero-order valence-corrected chi connectivity index (χ0v) is 20.2. The van der Waals surface area contributed by atoms with Crippen LogP contribution < -0.4 is 0 Å². The molecular weight excluding hydrogens is 484 g/mol. The molecule has 0 bridgehead atoms. The molecule has 3 rings (SSSR count). The summed E-state index contributed by atoms with van der Waals surface area (Å²) in [5.41, 5.74) is -0.167. The minimum absolute atomic E-state index is 0.0398. The van der Waals surface area contributed by atoms with Gasteiger partial charge in [0.1, 0.15) is 0 Å². The molecule has 1 aliphatic heterocycles. The molecule has 36 heavy (non-hydrogen) atoms. The summed E-state index contributed by atoms with van der Waals surface area (Å²) in [4.78, 5) is 13.5. The first kappa shape index (κ1) is 28.0. The Morgan fingerprint density at radius 2 is 1.44 bits per heavy atom. The summed E-state index contributed by atoms with van der Waals surface area (Å²) in [7, 11) is 0. The summed E-state index contributed by atoms with van der Waals surface area (Å²) < 4.78 is 78.8. The van der Waals surface area contributed by atoms with Crippen molar-refractivity contribution in [3.05, 3.63) is 70.8 Å². The zero-order valence-electron chi connectivity index (χ0n) is 20.2. The Morgan fingerprint density at radius 3 is 1.92 bits per heavy atom.